The molecule has 14 rings (SSSR count). The van der Waals surface area contributed by atoms with Gasteiger partial charge in [-0.1, -0.05) is 231 Å². The highest BCUT2D eigenvalue weighted by Gasteiger charge is 2.48. The van der Waals surface area contributed by atoms with Crippen molar-refractivity contribution in [1.29, 1.82) is 0 Å². The molecule has 2 heterocycles. The van der Waals surface area contributed by atoms with Crippen LogP contribution in [0.2, 0.25) is 0 Å². The van der Waals surface area contributed by atoms with E-state index in [0.29, 0.717) is 17.5 Å². The van der Waals surface area contributed by atoms with Gasteiger partial charge in [-0.2, -0.15) is 0 Å². The summed E-state index contributed by atoms with van der Waals surface area (Å²) in [7, 11) is 0. The maximum absolute atomic E-state index is 5.57. The zero-order valence-corrected chi connectivity index (χ0v) is 37.0. The van der Waals surface area contributed by atoms with Gasteiger partial charge in [-0.15, -0.1) is 0 Å². The first-order chi connectivity index (χ1) is 33.7. The molecular weight excluding hydrogens is 823 g/mol. The number of nitrogens with zero attached hydrogens (tertiary/aromatic N) is 3. The molecule has 0 N–H and O–H groups in total. The summed E-state index contributed by atoms with van der Waals surface area (Å²) in [6, 6.07) is 90.9. The fourth-order valence-electron chi connectivity index (χ4n) is 12.1. The van der Waals surface area contributed by atoms with E-state index in [-0.39, 0.29) is 0 Å². The van der Waals surface area contributed by atoms with Crippen molar-refractivity contribution in [3.8, 4) is 78.7 Å². The first-order valence-electron chi connectivity index (χ1n) is 23.4. The molecule has 0 fully saturated rings. The summed E-state index contributed by atoms with van der Waals surface area (Å²) in [4.78, 5) is 16.5. The highest BCUT2D eigenvalue weighted by Crippen LogP contribution is 2.60. The van der Waals surface area contributed by atoms with Gasteiger partial charge in [0.25, 0.3) is 0 Å². The number of aromatic nitrogens is 3. The Labute approximate surface area is 395 Å². The lowest BCUT2D eigenvalue weighted by Gasteiger charge is -2.34. The third-order valence-electron chi connectivity index (χ3n) is 14.8. The molecule has 68 heavy (non-hydrogen) atoms. The summed E-state index contributed by atoms with van der Waals surface area (Å²) in [5.74, 6) is 1.89. The zero-order chi connectivity index (χ0) is 44.8. The number of benzene rings is 10. The Kier molecular flexibility index (Phi) is 8.41. The molecule has 0 unspecified atom stereocenters. The molecule has 2 aliphatic carbocycles. The van der Waals surface area contributed by atoms with Crippen LogP contribution in [-0.4, -0.2) is 15.0 Å². The SMILES string of the molecule is c1ccc(C2(c3cccc(-c4nc5nc(n4)-c4cccc6c4-c4cc(ccc4C6(c4ccccc4)c4ccccc4)-c4ccccc4-c4cccc-5c4)c3)c3ccccc3-c3ccccc32)cc1. The fourth-order valence-corrected chi connectivity index (χ4v) is 12.1. The number of rotatable bonds is 5. The van der Waals surface area contributed by atoms with E-state index in [2.05, 4.69) is 249 Å². The lowest BCUT2D eigenvalue weighted by Crippen LogP contribution is -2.28. The van der Waals surface area contributed by atoms with E-state index in [1.54, 1.807) is 0 Å². The molecule has 11 aromatic rings. The standard InChI is InChI=1S/C65H41N3/c1-4-22-46(23-5-1)64(47-24-6-2-7-25-47)58-38-37-43-41-55(58)60-54(33-18-36-59(60)64)63-67-61(44-20-16-19-42(39-44)50-29-10-11-30-51(43)50)66-62(68-63)45-21-17-28-49(40-45)65(48-26-8-3-9-27-48)56-34-14-12-31-52(56)53-32-13-15-35-57(53)65/h1-41H. The van der Waals surface area contributed by atoms with Crippen molar-refractivity contribution in [2.75, 3.05) is 0 Å². The van der Waals surface area contributed by atoms with Crippen molar-refractivity contribution in [3.05, 3.63) is 293 Å². The minimum Gasteiger partial charge on any atom is -0.208 e. The minimum absolute atomic E-state index is 0.569. The minimum atomic E-state index is -0.602. The summed E-state index contributed by atoms with van der Waals surface area (Å²) in [5.41, 5.74) is 20.8. The highest BCUT2D eigenvalue weighted by molar-refractivity contribution is 5.98. The molecule has 3 aliphatic rings. The molecular formula is C65H41N3. The molecule has 0 saturated carbocycles. The van der Waals surface area contributed by atoms with Gasteiger partial charge in [0.15, 0.2) is 17.5 Å². The van der Waals surface area contributed by atoms with Crippen LogP contribution in [0.4, 0.5) is 0 Å². The lowest BCUT2D eigenvalue weighted by molar-refractivity contribution is 0.768. The van der Waals surface area contributed by atoms with Gasteiger partial charge in [-0.05, 0) is 107 Å². The van der Waals surface area contributed by atoms with Gasteiger partial charge < -0.3 is 0 Å². The van der Waals surface area contributed by atoms with E-state index in [4.69, 9.17) is 15.0 Å². The summed E-state index contributed by atoms with van der Waals surface area (Å²) < 4.78 is 0. The van der Waals surface area contributed by atoms with Crippen LogP contribution in [0.25, 0.3) is 78.7 Å². The molecule has 3 heteroatoms. The first-order valence-corrected chi connectivity index (χ1v) is 23.4. The summed E-state index contributed by atoms with van der Waals surface area (Å²) in [6.45, 7) is 0. The van der Waals surface area contributed by atoms with Crippen LogP contribution in [0.5, 0.6) is 0 Å². The first kappa shape index (κ1) is 38.5. The molecule has 1 aromatic heterocycles. The monoisotopic (exact) mass is 863 g/mol. The van der Waals surface area contributed by atoms with Crippen LogP contribution in [-0.2, 0) is 10.8 Å². The quantitative estimate of drug-likeness (QED) is 0.173. The predicted octanol–water partition coefficient (Wildman–Crippen LogP) is 15.2. The zero-order valence-electron chi connectivity index (χ0n) is 37.0. The molecule has 316 valence electrons. The van der Waals surface area contributed by atoms with Crippen LogP contribution in [0.3, 0.4) is 0 Å². The highest BCUT2D eigenvalue weighted by atomic mass is 15.0. The Hall–Kier alpha value is -8.79. The number of hydrogen-bond donors (Lipinski definition) is 0. The van der Waals surface area contributed by atoms with Crippen LogP contribution >= 0.6 is 0 Å². The van der Waals surface area contributed by atoms with Crippen molar-refractivity contribution < 1.29 is 0 Å². The van der Waals surface area contributed by atoms with Crippen LogP contribution in [0.1, 0.15) is 44.5 Å². The normalized spacial score (nSPS) is 13.8. The third kappa shape index (κ3) is 5.39. The molecule has 0 saturated heterocycles. The average Bonchev–Trinajstić information content (AvgIpc) is 3.90. The van der Waals surface area contributed by atoms with Crippen molar-refractivity contribution in [2.45, 2.75) is 10.8 Å². The van der Waals surface area contributed by atoms with Gasteiger partial charge >= 0.3 is 0 Å². The predicted molar refractivity (Wildman–Crippen MR) is 275 cm³/mol. The number of fused-ring (bicyclic) bond motifs is 13. The molecule has 0 radical (unpaired) electrons. The molecule has 0 spiro atoms. The van der Waals surface area contributed by atoms with E-state index in [1.807, 2.05) is 0 Å². The Bertz CT molecular complexity index is 3720. The smallest absolute Gasteiger partial charge is 0.164 e. The molecule has 6 bridgehead atoms. The van der Waals surface area contributed by atoms with Gasteiger partial charge in [0.05, 0.1) is 10.8 Å². The van der Waals surface area contributed by atoms with E-state index in [0.717, 1.165) is 44.5 Å². The Morgan fingerprint density at radius 1 is 0.221 bits per heavy atom. The van der Waals surface area contributed by atoms with E-state index >= 15 is 0 Å². The second-order valence-electron chi connectivity index (χ2n) is 18.2. The Morgan fingerprint density at radius 3 is 1.22 bits per heavy atom. The Morgan fingerprint density at radius 2 is 0.618 bits per heavy atom. The molecule has 1 aliphatic heterocycles. The van der Waals surface area contributed by atoms with Gasteiger partial charge in [0.1, 0.15) is 0 Å². The largest absolute Gasteiger partial charge is 0.208 e. The second-order valence-corrected chi connectivity index (χ2v) is 18.2. The fraction of sp³-hybridized carbons (Fsp3) is 0.0308. The van der Waals surface area contributed by atoms with Crippen LogP contribution in [0.15, 0.2) is 249 Å². The van der Waals surface area contributed by atoms with Gasteiger partial charge in [-0.3, -0.25) is 0 Å². The lowest BCUT2D eigenvalue weighted by atomic mass is 9.67. The molecule has 3 nitrogen and oxygen atoms in total. The van der Waals surface area contributed by atoms with Crippen molar-refractivity contribution in [1.82, 2.24) is 15.0 Å². The maximum Gasteiger partial charge on any atom is 0.164 e. The van der Waals surface area contributed by atoms with Gasteiger partial charge in [0.2, 0.25) is 0 Å². The second kappa shape index (κ2) is 14.9. The van der Waals surface area contributed by atoms with E-state index in [1.165, 1.54) is 61.2 Å². The topological polar surface area (TPSA) is 38.7 Å². The maximum atomic E-state index is 5.57. The van der Waals surface area contributed by atoms with Crippen LogP contribution < -0.4 is 0 Å². The van der Waals surface area contributed by atoms with Crippen molar-refractivity contribution in [3.63, 3.8) is 0 Å². The van der Waals surface area contributed by atoms with E-state index in [9.17, 15) is 0 Å². The van der Waals surface area contributed by atoms with Gasteiger partial charge in [0, 0.05) is 16.7 Å². The van der Waals surface area contributed by atoms with Crippen LogP contribution in [0, 0.1) is 0 Å². The number of hydrogen-bond acceptors (Lipinski definition) is 3. The summed E-state index contributed by atoms with van der Waals surface area (Å²) >= 11 is 0. The van der Waals surface area contributed by atoms with Crippen molar-refractivity contribution >= 4 is 0 Å². The molecule has 10 aromatic carbocycles. The van der Waals surface area contributed by atoms with E-state index < -0.39 is 10.8 Å². The Balaban J connectivity index is 1.07. The molecule has 0 amide bonds. The average molecular weight is 864 g/mol. The molecule has 0 atom stereocenters. The van der Waals surface area contributed by atoms with Gasteiger partial charge in [-0.25, -0.2) is 15.0 Å². The summed E-state index contributed by atoms with van der Waals surface area (Å²) in [5, 5.41) is 0. The van der Waals surface area contributed by atoms with Crippen molar-refractivity contribution in [2.24, 2.45) is 0 Å². The summed E-state index contributed by atoms with van der Waals surface area (Å²) in [6.07, 6.45) is 0. The third-order valence-corrected chi connectivity index (χ3v) is 14.8.